The Balaban J connectivity index is 2.25. The van der Waals surface area contributed by atoms with Crippen molar-refractivity contribution in [3.63, 3.8) is 0 Å². The van der Waals surface area contributed by atoms with Gasteiger partial charge in [-0.1, -0.05) is 19.9 Å². The van der Waals surface area contributed by atoms with Gasteiger partial charge in [0.2, 0.25) is 5.88 Å². The van der Waals surface area contributed by atoms with Crippen LogP contribution in [0.3, 0.4) is 0 Å². The largest absolute Gasteiger partial charge is 0.481 e. The van der Waals surface area contributed by atoms with E-state index in [9.17, 15) is 0 Å². The van der Waals surface area contributed by atoms with Crippen molar-refractivity contribution in [2.75, 3.05) is 12.8 Å². The van der Waals surface area contributed by atoms with E-state index < -0.39 is 0 Å². The Morgan fingerprint density at radius 1 is 1.25 bits per heavy atom. The monoisotopic (exact) mass is 272 g/mol. The summed E-state index contributed by atoms with van der Waals surface area (Å²) in [5.74, 6) is 2.22. The van der Waals surface area contributed by atoms with Crippen LogP contribution in [0.15, 0.2) is 18.3 Å². The molecular weight excluding hydrogens is 252 g/mol. The molecule has 0 aliphatic rings. The Bertz CT molecular complexity index is 570. The molecule has 2 rings (SSSR count). The predicted octanol–water partition coefficient (Wildman–Crippen LogP) is 2.49. The molecule has 0 atom stereocenters. The maximum absolute atomic E-state index is 6.04. The Morgan fingerprint density at radius 3 is 2.50 bits per heavy atom. The summed E-state index contributed by atoms with van der Waals surface area (Å²) < 4.78 is 5.04. The van der Waals surface area contributed by atoms with Crippen molar-refractivity contribution in [2.24, 2.45) is 0 Å². The molecule has 0 unspecified atom stereocenters. The number of methoxy groups -OCH3 is 1. The predicted molar refractivity (Wildman–Crippen MR) is 78.9 cm³/mol. The van der Waals surface area contributed by atoms with Gasteiger partial charge in [-0.15, -0.1) is 0 Å². The van der Waals surface area contributed by atoms with Gasteiger partial charge in [-0.05, 0) is 18.4 Å². The lowest BCUT2D eigenvalue weighted by Gasteiger charge is -2.13. The maximum atomic E-state index is 6.04. The molecule has 0 amide bonds. The molecule has 0 saturated heterocycles. The fourth-order valence-electron chi connectivity index (χ4n) is 2.27. The van der Waals surface area contributed by atoms with Crippen LogP contribution >= 0.6 is 0 Å². The van der Waals surface area contributed by atoms with Crippen molar-refractivity contribution in [3.8, 4) is 5.88 Å². The number of ether oxygens (including phenoxy) is 1. The SMILES string of the molecule is COc1ccc(Cc2nc(C)c(C(C)C)c(N)n2)cn1. The van der Waals surface area contributed by atoms with Gasteiger partial charge in [0, 0.05) is 29.9 Å². The summed E-state index contributed by atoms with van der Waals surface area (Å²) in [4.78, 5) is 13.1. The van der Waals surface area contributed by atoms with Crippen molar-refractivity contribution in [3.05, 3.63) is 41.0 Å². The number of nitrogens with two attached hydrogens (primary N) is 1. The van der Waals surface area contributed by atoms with Crippen molar-refractivity contribution < 1.29 is 4.74 Å². The van der Waals surface area contributed by atoms with Gasteiger partial charge in [0.15, 0.2) is 0 Å². The maximum Gasteiger partial charge on any atom is 0.212 e. The first-order valence-corrected chi connectivity index (χ1v) is 6.63. The molecule has 0 spiro atoms. The first-order valence-electron chi connectivity index (χ1n) is 6.63. The molecule has 0 aliphatic heterocycles. The van der Waals surface area contributed by atoms with Crippen LogP contribution in [0.5, 0.6) is 5.88 Å². The lowest BCUT2D eigenvalue weighted by Crippen LogP contribution is -2.09. The molecule has 5 heteroatoms. The van der Waals surface area contributed by atoms with Gasteiger partial charge in [0.1, 0.15) is 11.6 Å². The van der Waals surface area contributed by atoms with Gasteiger partial charge in [-0.25, -0.2) is 15.0 Å². The number of nitrogens with zero attached hydrogens (tertiary/aromatic N) is 3. The van der Waals surface area contributed by atoms with E-state index in [1.165, 1.54) is 0 Å². The molecule has 0 radical (unpaired) electrons. The van der Waals surface area contributed by atoms with E-state index >= 15 is 0 Å². The summed E-state index contributed by atoms with van der Waals surface area (Å²) in [5, 5.41) is 0. The first kappa shape index (κ1) is 14.2. The highest BCUT2D eigenvalue weighted by Gasteiger charge is 2.12. The van der Waals surface area contributed by atoms with Crippen LogP contribution < -0.4 is 10.5 Å². The Labute approximate surface area is 119 Å². The zero-order chi connectivity index (χ0) is 14.7. The van der Waals surface area contributed by atoms with Gasteiger partial charge in [0.25, 0.3) is 0 Å². The van der Waals surface area contributed by atoms with Crippen LogP contribution in [0.2, 0.25) is 0 Å². The Morgan fingerprint density at radius 2 is 2.00 bits per heavy atom. The van der Waals surface area contributed by atoms with Gasteiger partial charge >= 0.3 is 0 Å². The van der Waals surface area contributed by atoms with Crippen molar-refractivity contribution in [1.29, 1.82) is 0 Å². The molecule has 2 aromatic rings. The standard InChI is InChI=1S/C15H20N4O/c1-9(2)14-10(3)18-12(19-15(14)16)7-11-5-6-13(20-4)17-8-11/h5-6,8-9H,7H2,1-4H3,(H2,16,18,19). The van der Waals surface area contributed by atoms with Crippen LogP contribution in [-0.4, -0.2) is 22.1 Å². The van der Waals surface area contributed by atoms with E-state index in [0.717, 1.165) is 22.6 Å². The van der Waals surface area contributed by atoms with Crippen LogP contribution in [-0.2, 0) is 6.42 Å². The second-order valence-electron chi connectivity index (χ2n) is 5.06. The van der Waals surface area contributed by atoms with Crippen LogP contribution in [0.25, 0.3) is 0 Å². The quantitative estimate of drug-likeness (QED) is 0.925. The number of aromatic nitrogens is 3. The molecule has 0 saturated carbocycles. The summed E-state index contributed by atoms with van der Waals surface area (Å²) in [6.45, 7) is 6.16. The minimum atomic E-state index is 0.326. The fourth-order valence-corrected chi connectivity index (χ4v) is 2.27. The second kappa shape index (κ2) is 5.86. The average molecular weight is 272 g/mol. The van der Waals surface area contributed by atoms with Gasteiger partial charge in [0.05, 0.1) is 7.11 Å². The summed E-state index contributed by atoms with van der Waals surface area (Å²) in [7, 11) is 1.60. The van der Waals surface area contributed by atoms with Crippen molar-refractivity contribution >= 4 is 5.82 Å². The normalized spacial score (nSPS) is 10.8. The zero-order valence-electron chi connectivity index (χ0n) is 12.3. The van der Waals surface area contributed by atoms with E-state index in [-0.39, 0.29) is 0 Å². The smallest absolute Gasteiger partial charge is 0.212 e. The Hall–Kier alpha value is -2.17. The van der Waals surface area contributed by atoms with Gasteiger partial charge < -0.3 is 10.5 Å². The molecule has 2 N–H and O–H groups in total. The third kappa shape index (κ3) is 3.04. The minimum absolute atomic E-state index is 0.326. The Kier molecular flexibility index (Phi) is 4.17. The fraction of sp³-hybridized carbons (Fsp3) is 0.400. The molecule has 0 aliphatic carbocycles. The molecule has 2 aromatic heterocycles. The summed E-state index contributed by atoms with van der Waals surface area (Å²) in [6, 6.07) is 3.78. The molecule has 0 bridgehead atoms. The molecular formula is C15H20N4O. The minimum Gasteiger partial charge on any atom is -0.481 e. The number of anilines is 1. The second-order valence-corrected chi connectivity index (χ2v) is 5.06. The lowest BCUT2D eigenvalue weighted by molar-refractivity contribution is 0.397. The van der Waals surface area contributed by atoms with E-state index in [4.69, 9.17) is 10.5 Å². The highest BCUT2D eigenvalue weighted by Crippen LogP contribution is 2.23. The van der Waals surface area contributed by atoms with Crippen LogP contribution in [0, 0.1) is 6.92 Å². The number of aryl methyl sites for hydroxylation is 1. The molecule has 2 heterocycles. The van der Waals surface area contributed by atoms with Gasteiger partial charge in [-0.3, -0.25) is 0 Å². The summed E-state index contributed by atoms with van der Waals surface area (Å²) >= 11 is 0. The lowest BCUT2D eigenvalue weighted by atomic mass is 10.0. The first-order chi connectivity index (χ1) is 9.51. The number of pyridine rings is 1. The molecule has 0 fully saturated rings. The summed E-state index contributed by atoms with van der Waals surface area (Å²) in [6.07, 6.45) is 2.38. The number of nitrogen functional groups attached to an aromatic ring is 1. The zero-order valence-corrected chi connectivity index (χ0v) is 12.3. The molecule has 20 heavy (non-hydrogen) atoms. The molecule has 5 nitrogen and oxygen atoms in total. The third-order valence-corrected chi connectivity index (χ3v) is 3.16. The van der Waals surface area contributed by atoms with Crippen molar-refractivity contribution in [1.82, 2.24) is 15.0 Å². The summed E-state index contributed by atoms with van der Waals surface area (Å²) in [5.41, 5.74) is 9.04. The van der Waals surface area contributed by atoms with Crippen molar-refractivity contribution in [2.45, 2.75) is 33.1 Å². The third-order valence-electron chi connectivity index (χ3n) is 3.16. The highest BCUT2D eigenvalue weighted by molar-refractivity contribution is 5.44. The average Bonchev–Trinajstić information content (AvgIpc) is 2.38. The topological polar surface area (TPSA) is 73.9 Å². The van der Waals surface area contributed by atoms with E-state index in [1.54, 1.807) is 13.3 Å². The number of hydrogen-bond acceptors (Lipinski definition) is 5. The van der Waals surface area contributed by atoms with E-state index in [1.807, 2.05) is 19.1 Å². The number of rotatable bonds is 4. The highest BCUT2D eigenvalue weighted by atomic mass is 16.5. The number of hydrogen-bond donors (Lipinski definition) is 1. The van der Waals surface area contributed by atoms with E-state index in [2.05, 4.69) is 28.8 Å². The molecule has 106 valence electrons. The van der Waals surface area contributed by atoms with Gasteiger partial charge in [-0.2, -0.15) is 0 Å². The molecule has 0 aromatic carbocycles. The van der Waals surface area contributed by atoms with Crippen LogP contribution in [0.4, 0.5) is 5.82 Å². The van der Waals surface area contributed by atoms with E-state index in [0.29, 0.717) is 24.0 Å². The van der Waals surface area contributed by atoms with Crippen LogP contribution in [0.1, 0.15) is 42.4 Å².